The SMILES string of the molecule is C.CC(C)(C)OC(=N)C(Cl)(Cl)Cl.N#CC(Cl)(Cl)Cl. The molecule has 0 unspecified atom stereocenters. The van der Waals surface area contributed by atoms with E-state index in [1.807, 2.05) is 0 Å². The fourth-order valence-corrected chi connectivity index (χ4v) is 0.480. The molecule has 0 bridgehead atoms. The molecular formula is C9H14Cl6N2O. The van der Waals surface area contributed by atoms with Gasteiger partial charge in [-0.25, -0.2) is 0 Å². The number of alkyl halides is 6. The van der Waals surface area contributed by atoms with Crippen LogP contribution in [0.15, 0.2) is 0 Å². The Kier molecular flexibility index (Phi) is 11.6. The Morgan fingerprint density at radius 2 is 1.33 bits per heavy atom. The molecule has 0 spiro atoms. The lowest BCUT2D eigenvalue weighted by atomic mass is 10.2. The summed E-state index contributed by atoms with van der Waals surface area (Å²) in [5.74, 6) is -0.352. The molecule has 0 saturated carbocycles. The predicted molar refractivity (Wildman–Crippen MR) is 81.5 cm³/mol. The summed E-state index contributed by atoms with van der Waals surface area (Å²) in [4.78, 5) is 0. The average Bonchev–Trinajstić information content (AvgIpc) is 1.99. The van der Waals surface area contributed by atoms with Crippen LogP contribution in [-0.2, 0) is 4.74 Å². The van der Waals surface area contributed by atoms with E-state index < -0.39 is 13.2 Å². The summed E-state index contributed by atoms with van der Waals surface area (Å²) in [6.07, 6.45) is 0. The summed E-state index contributed by atoms with van der Waals surface area (Å²) in [6.45, 7) is 5.33. The molecule has 0 aliphatic heterocycles. The smallest absolute Gasteiger partial charge is 0.277 e. The van der Waals surface area contributed by atoms with E-state index in [0.29, 0.717) is 0 Å². The quantitative estimate of drug-likeness (QED) is 0.335. The third kappa shape index (κ3) is 19.0. The Bertz CT molecular complexity index is 294. The van der Waals surface area contributed by atoms with Crippen LogP contribution in [-0.4, -0.2) is 19.1 Å². The van der Waals surface area contributed by atoms with E-state index in [1.54, 1.807) is 20.8 Å². The lowest BCUT2D eigenvalue weighted by molar-refractivity contribution is 0.112. The molecule has 0 aromatic carbocycles. The van der Waals surface area contributed by atoms with Gasteiger partial charge in [0.05, 0.1) is 0 Å². The maximum absolute atomic E-state index is 7.76. The number of nitrogens with one attached hydrogen (secondary N) is 1. The van der Waals surface area contributed by atoms with Gasteiger partial charge in [0.15, 0.2) is 0 Å². The maximum Gasteiger partial charge on any atom is 0.277 e. The number of rotatable bonds is 0. The fraction of sp³-hybridized carbons (Fsp3) is 0.778. The average molecular weight is 379 g/mol. The number of nitriles is 1. The summed E-state index contributed by atoms with van der Waals surface area (Å²) in [7, 11) is 0. The van der Waals surface area contributed by atoms with Crippen LogP contribution in [0.3, 0.4) is 0 Å². The van der Waals surface area contributed by atoms with Gasteiger partial charge in [-0.2, -0.15) is 5.26 Å². The third-order valence-electron chi connectivity index (χ3n) is 0.792. The summed E-state index contributed by atoms with van der Waals surface area (Å²) in [5, 5.41) is 14.9. The number of ether oxygens (including phenoxy) is 1. The van der Waals surface area contributed by atoms with Crippen molar-refractivity contribution in [2.75, 3.05) is 0 Å². The van der Waals surface area contributed by atoms with E-state index in [-0.39, 0.29) is 13.3 Å². The monoisotopic (exact) mass is 376 g/mol. The van der Waals surface area contributed by atoms with Crippen LogP contribution >= 0.6 is 69.6 Å². The highest BCUT2D eigenvalue weighted by atomic mass is 35.6. The maximum atomic E-state index is 7.76. The molecule has 0 rings (SSSR count). The van der Waals surface area contributed by atoms with Crippen LogP contribution in [0.25, 0.3) is 0 Å². The van der Waals surface area contributed by atoms with Crippen molar-refractivity contribution in [3.63, 3.8) is 0 Å². The first-order valence-electron chi connectivity index (χ1n) is 4.02. The van der Waals surface area contributed by atoms with Crippen molar-refractivity contribution >= 4 is 75.5 Å². The highest BCUT2D eigenvalue weighted by molar-refractivity contribution is 6.76. The first-order valence-corrected chi connectivity index (χ1v) is 6.28. The van der Waals surface area contributed by atoms with Gasteiger partial charge in [-0.15, -0.1) is 0 Å². The van der Waals surface area contributed by atoms with E-state index in [9.17, 15) is 0 Å². The van der Waals surface area contributed by atoms with E-state index in [0.717, 1.165) is 0 Å². The van der Waals surface area contributed by atoms with Gasteiger partial charge < -0.3 is 4.74 Å². The molecule has 0 aromatic heterocycles. The van der Waals surface area contributed by atoms with Crippen molar-refractivity contribution in [3.8, 4) is 6.07 Å². The molecule has 0 atom stereocenters. The minimum atomic E-state index is -1.76. The third-order valence-corrected chi connectivity index (χ3v) is 1.56. The summed E-state index contributed by atoms with van der Waals surface area (Å²) >= 11 is 30.8. The Balaban J connectivity index is -0.000000277. The minimum Gasteiger partial charge on any atom is -0.472 e. The molecule has 0 aliphatic rings. The largest absolute Gasteiger partial charge is 0.472 e. The normalized spacial score (nSPS) is 11.3. The Labute approximate surface area is 138 Å². The van der Waals surface area contributed by atoms with Crippen molar-refractivity contribution in [1.82, 2.24) is 0 Å². The molecule has 0 aliphatic carbocycles. The number of nitrogens with zero attached hydrogens (tertiary/aromatic N) is 1. The van der Waals surface area contributed by atoms with E-state index in [1.165, 1.54) is 6.07 Å². The molecule has 0 aromatic rings. The molecule has 0 saturated heterocycles. The van der Waals surface area contributed by atoms with E-state index in [4.69, 9.17) is 85.0 Å². The van der Waals surface area contributed by atoms with Gasteiger partial charge in [0, 0.05) is 0 Å². The van der Waals surface area contributed by atoms with E-state index in [2.05, 4.69) is 0 Å². The topological polar surface area (TPSA) is 56.9 Å². The standard InChI is InChI=1S/C6H10Cl3NO.C2Cl3N.CH4/c1-5(2,3)11-4(10)6(7,8)9;3-2(4,5)1-6;/h10H,1-3H3;;1H4. The molecule has 1 N–H and O–H groups in total. The molecule has 0 heterocycles. The van der Waals surface area contributed by atoms with Gasteiger partial charge in [0.25, 0.3) is 7.59 Å². The van der Waals surface area contributed by atoms with Gasteiger partial charge >= 0.3 is 0 Å². The second-order valence-corrected chi connectivity index (χ2v) is 8.21. The van der Waals surface area contributed by atoms with Crippen molar-refractivity contribution < 1.29 is 4.74 Å². The molecule has 18 heavy (non-hydrogen) atoms. The van der Waals surface area contributed by atoms with Crippen LogP contribution < -0.4 is 0 Å². The van der Waals surface area contributed by atoms with Gasteiger partial charge in [0.1, 0.15) is 11.7 Å². The molecular weight excluding hydrogens is 365 g/mol. The molecule has 0 amide bonds. The van der Waals surface area contributed by atoms with Gasteiger partial charge in [-0.05, 0) is 20.8 Å². The van der Waals surface area contributed by atoms with Gasteiger partial charge in [-0.3, -0.25) is 5.41 Å². The summed E-state index contributed by atoms with van der Waals surface area (Å²) in [6, 6.07) is 1.40. The van der Waals surface area contributed by atoms with Gasteiger partial charge in [-0.1, -0.05) is 77.0 Å². The van der Waals surface area contributed by atoms with Crippen molar-refractivity contribution in [2.45, 2.75) is 41.4 Å². The lowest BCUT2D eigenvalue weighted by Gasteiger charge is -2.24. The zero-order valence-corrected chi connectivity index (χ0v) is 13.7. The van der Waals surface area contributed by atoms with Crippen LogP contribution in [0.2, 0.25) is 0 Å². The highest BCUT2D eigenvalue weighted by Gasteiger charge is 2.31. The van der Waals surface area contributed by atoms with Crippen LogP contribution in [0, 0.1) is 16.7 Å². The lowest BCUT2D eigenvalue weighted by Crippen LogP contribution is -2.31. The highest BCUT2D eigenvalue weighted by Crippen LogP contribution is 2.29. The predicted octanol–water partition coefficient (Wildman–Crippen LogP) is 5.67. The summed E-state index contributed by atoms with van der Waals surface area (Å²) < 4.78 is 1.50. The molecule has 9 heteroatoms. The van der Waals surface area contributed by atoms with Crippen LogP contribution in [0.1, 0.15) is 28.2 Å². The number of halogens is 6. The van der Waals surface area contributed by atoms with Crippen LogP contribution in [0.4, 0.5) is 0 Å². The fourth-order valence-electron chi connectivity index (χ4n) is 0.364. The Morgan fingerprint density at radius 3 is 1.39 bits per heavy atom. The van der Waals surface area contributed by atoms with Crippen LogP contribution in [0.5, 0.6) is 0 Å². The molecule has 108 valence electrons. The Morgan fingerprint density at radius 1 is 1.06 bits per heavy atom. The Hall–Kier alpha value is 0.700. The zero-order chi connectivity index (χ0) is 14.5. The molecule has 0 radical (unpaired) electrons. The number of hydrogen-bond donors (Lipinski definition) is 1. The number of hydrogen-bond acceptors (Lipinski definition) is 3. The summed E-state index contributed by atoms with van der Waals surface area (Å²) in [5.41, 5.74) is -0.499. The second kappa shape index (κ2) is 8.79. The van der Waals surface area contributed by atoms with Crippen molar-refractivity contribution in [1.29, 1.82) is 10.7 Å². The van der Waals surface area contributed by atoms with Gasteiger partial charge in [0.2, 0.25) is 5.90 Å². The molecule has 3 nitrogen and oxygen atoms in total. The minimum absolute atomic E-state index is 0. The second-order valence-electron chi connectivity index (χ2n) is 3.65. The first kappa shape index (κ1) is 23.8. The first-order chi connectivity index (χ1) is 7.19. The van der Waals surface area contributed by atoms with Crippen molar-refractivity contribution in [2.24, 2.45) is 0 Å². The van der Waals surface area contributed by atoms with Crippen molar-refractivity contribution in [3.05, 3.63) is 0 Å². The van der Waals surface area contributed by atoms with E-state index >= 15 is 0 Å². The molecule has 0 fully saturated rings. The zero-order valence-electron chi connectivity index (χ0n) is 9.12.